The van der Waals surface area contributed by atoms with Crippen LogP contribution < -0.4 is 23.5 Å². The maximum absolute atomic E-state index is 5.72. The van der Waals surface area contributed by atoms with Gasteiger partial charge in [0.25, 0.3) is 0 Å². The molecule has 132 valence electrons. The standard InChI is InChI=1S/C21H20NO4/c1-3-24-19-9-15-11-22-5-4-13-7-20-21(26-12-25-20)10-16(13)17(22)6-14(15)8-18(19)23-2/h6-11H,3-5,12H2,1-2H3/q+1. The van der Waals surface area contributed by atoms with Gasteiger partial charge in [-0.15, -0.1) is 0 Å². The van der Waals surface area contributed by atoms with E-state index in [0.717, 1.165) is 46.7 Å². The van der Waals surface area contributed by atoms with Crippen LogP contribution in [0.5, 0.6) is 23.0 Å². The van der Waals surface area contributed by atoms with Gasteiger partial charge in [0.15, 0.2) is 35.7 Å². The molecule has 2 aliphatic rings. The van der Waals surface area contributed by atoms with Crippen LogP contribution in [0.1, 0.15) is 12.5 Å². The lowest BCUT2D eigenvalue weighted by molar-refractivity contribution is -0.686. The molecule has 0 atom stereocenters. The van der Waals surface area contributed by atoms with Gasteiger partial charge < -0.3 is 18.9 Å². The molecule has 3 heterocycles. The fourth-order valence-corrected chi connectivity index (χ4v) is 3.81. The number of ether oxygens (including phenoxy) is 4. The zero-order chi connectivity index (χ0) is 17.7. The fourth-order valence-electron chi connectivity index (χ4n) is 3.81. The first-order chi connectivity index (χ1) is 12.8. The molecule has 5 heteroatoms. The number of methoxy groups -OCH3 is 1. The SMILES string of the molecule is CCOc1cc2c[n+]3c(cc2cc1OC)-c1cc2c(cc1CC3)OCO2. The van der Waals surface area contributed by atoms with E-state index in [1.165, 1.54) is 16.8 Å². The monoisotopic (exact) mass is 350 g/mol. The molecule has 5 rings (SSSR count). The Hall–Kier alpha value is -2.95. The Bertz CT molecular complexity index is 1030. The van der Waals surface area contributed by atoms with Gasteiger partial charge in [0.05, 0.1) is 19.3 Å². The molecule has 2 aromatic carbocycles. The Labute approximate surface area is 151 Å². The quantitative estimate of drug-likeness (QED) is 0.678. The van der Waals surface area contributed by atoms with Crippen molar-refractivity contribution in [2.24, 2.45) is 0 Å². The minimum absolute atomic E-state index is 0.299. The summed E-state index contributed by atoms with van der Waals surface area (Å²) in [5.74, 6) is 3.20. The first-order valence-corrected chi connectivity index (χ1v) is 8.87. The van der Waals surface area contributed by atoms with E-state index in [1.807, 2.05) is 13.0 Å². The van der Waals surface area contributed by atoms with E-state index in [0.29, 0.717) is 13.4 Å². The van der Waals surface area contributed by atoms with Gasteiger partial charge in [-0.2, -0.15) is 4.57 Å². The minimum atomic E-state index is 0.299. The summed E-state index contributed by atoms with van der Waals surface area (Å²) in [6.07, 6.45) is 3.17. The molecule has 5 nitrogen and oxygen atoms in total. The first kappa shape index (κ1) is 15.3. The molecule has 0 saturated heterocycles. The van der Waals surface area contributed by atoms with Crippen LogP contribution in [-0.2, 0) is 13.0 Å². The number of benzene rings is 2. The Morgan fingerprint density at radius 1 is 1.00 bits per heavy atom. The highest BCUT2D eigenvalue weighted by molar-refractivity contribution is 5.87. The van der Waals surface area contributed by atoms with E-state index >= 15 is 0 Å². The number of hydrogen-bond donors (Lipinski definition) is 0. The van der Waals surface area contributed by atoms with E-state index in [9.17, 15) is 0 Å². The van der Waals surface area contributed by atoms with E-state index < -0.39 is 0 Å². The summed E-state index contributed by atoms with van der Waals surface area (Å²) in [7, 11) is 1.67. The molecule has 26 heavy (non-hydrogen) atoms. The summed E-state index contributed by atoms with van der Waals surface area (Å²) in [5, 5.41) is 2.27. The largest absolute Gasteiger partial charge is 0.493 e. The van der Waals surface area contributed by atoms with Crippen LogP contribution in [0.3, 0.4) is 0 Å². The number of rotatable bonds is 3. The van der Waals surface area contributed by atoms with E-state index in [1.54, 1.807) is 7.11 Å². The van der Waals surface area contributed by atoms with Crippen molar-refractivity contribution in [1.82, 2.24) is 0 Å². The van der Waals surface area contributed by atoms with Crippen molar-refractivity contribution < 1.29 is 23.5 Å². The number of fused-ring (bicyclic) bond motifs is 5. The van der Waals surface area contributed by atoms with Gasteiger partial charge in [-0.1, -0.05) is 0 Å². The predicted octanol–water partition coefficient (Wildman–Crippen LogP) is 3.49. The molecule has 0 unspecified atom stereocenters. The summed E-state index contributed by atoms with van der Waals surface area (Å²) in [5.41, 5.74) is 3.69. The minimum Gasteiger partial charge on any atom is -0.493 e. The Morgan fingerprint density at radius 2 is 1.81 bits per heavy atom. The molecular formula is C21H20NO4+. The molecule has 2 aliphatic heterocycles. The number of aryl methyl sites for hydroxylation is 2. The third-order valence-corrected chi connectivity index (χ3v) is 5.06. The number of nitrogens with zero attached hydrogens (tertiary/aromatic N) is 1. The van der Waals surface area contributed by atoms with Crippen molar-refractivity contribution >= 4 is 10.8 Å². The van der Waals surface area contributed by atoms with E-state index in [-0.39, 0.29) is 0 Å². The van der Waals surface area contributed by atoms with Gasteiger partial charge in [-0.3, -0.25) is 0 Å². The number of aromatic nitrogens is 1. The van der Waals surface area contributed by atoms with Crippen LogP contribution in [0.2, 0.25) is 0 Å². The second-order valence-corrected chi connectivity index (χ2v) is 6.53. The lowest BCUT2D eigenvalue weighted by Gasteiger charge is -2.17. The van der Waals surface area contributed by atoms with E-state index in [4.69, 9.17) is 18.9 Å². The highest BCUT2D eigenvalue weighted by atomic mass is 16.7. The fraction of sp³-hybridized carbons (Fsp3) is 0.286. The molecule has 0 spiro atoms. The molecule has 0 fully saturated rings. The molecule has 0 N–H and O–H groups in total. The van der Waals surface area contributed by atoms with Gasteiger partial charge in [-0.25, -0.2) is 0 Å². The van der Waals surface area contributed by atoms with Crippen molar-refractivity contribution in [3.8, 4) is 34.3 Å². The number of pyridine rings is 1. The molecule has 0 bridgehead atoms. The molecule has 0 saturated carbocycles. The molecule has 0 amide bonds. The summed E-state index contributed by atoms with van der Waals surface area (Å²) in [6, 6.07) is 10.5. The normalized spacial score (nSPS) is 14.1. The van der Waals surface area contributed by atoms with Crippen LogP contribution in [0.25, 0.3) is 22.0 Å². The van der Waals surface area contributed by atoms with Gasteiger partial charge >= 0.3 is 0 Å². The second kappa shape index (κ2) is 5.80. The summed E-state index contributed by atoms with van der Waals surface area (Å²) in [6.45, 7) is 3.83. The van der Waals surface area contributed by atoms with Crippen LogP contribution >= 0.6 is 0 Å². The van der Waals surface area contributed by atoms with Crippen LogP contribution in [-0.4, -0.2) is 20.5 Å². The van der Waals surface area contributed by atoms with Crippen LogP contribution in [0.15, 0.2) is 36.5 Å². The van der Waals surface area contributed by atoms with Gasteiger partial charge in [0.1, 0.15) is 0 Å². The lowest BCUT2D eigenvalue weighted by atomic mass is 9.95. The third-order valence-electron chi connectivity index (χ3n) is 5.06. The van der Waals surface area contributed by atoms with Crippen LogP contribution in [0.4, 0.5) is 0 Å². The maximum Gasteiger partial charge on any atom is 0.231 e. The first-order valence-electron chi connectivity index (χ1n) is 8.87. The molecular weight excluding hydrogens is 330 g/mol. The third kappa shape index (κ3) is 2.27. The molecule has 0 aliphatic carbocycles. The maximum atomic E-state index is 5.72. The molecule has 3 aromatic rings. The van der Waals surface area contributed by atoms with Crippen molar-refractivity contribution in [3.63, 3.8) is 0 Å². The average molecular weight is 350 g/mol. The van der Waals surface area contributed by atoms with Crippen molar-refractivity contribution in [1.29, 1.82) is 0 Å². The lowest BCUT2D eigenvalue weighted by Crippen LogP contribution is -2.39. The van der Waals surface area contributed by atoms with Crippen molar-refractivity contribution in [2.45, 2.75) is 19.9 Å². The molecule has 1 aromatic heterocycles. The topological polar surface area (TPSA) is 40.8 Å². The average Bonchev–Trinajstić information content (AvgIpc) is 3.12. The highest BCUT2D eigenvalue weighted by Crippen LogP contribution is 2.40. The summed E-state index contributed by atoms with van der Waals surface area (Å²) < 4.78 is 24.6. The van der Waals surface area contributed by atoms with Gasteiger partial charge in [-0.05, 0) is 42.1 Å². The number of hydrogen-bond acceptors (Lipinski definition) is 4. The summed E-state index contributed by atoms with van der Waals surface area (Å²) >= 11 is 0. The Balaban J connectivity index is 1.70. The predicted molar refractivity (Wildman–Crippen MR) is 97.1 cm³/mol. The smallest absolute Gasteiger partial charge is 0.231 e. The van der Waals surface area contributed by atoms with Crippen molar-refractivity contribution in [2.75, 3.05) is 20.5 Å². The Morgan fingerprint density at radius 3 is 2.62 bits per heavy atom. The highest BCUT2D eigenvalue weighted by Gasteiger charge is 2.27. The molecule has 0 radical (unpaired) electrons. The second-order valence-electron chi connectivity index (χ2n) is 6.53. The van der Waals surface area contributed by atoms with Crippen molar-refractivity contribution in [3.05, 3.63) is 42.1 Å². The zero-order valence-corrected chi connectivity index (χ0v) is 14.9. The van der Waals surface area contributed by atoms with Gasteiger partial charge in [0.2, 0.25) is 12.5 Å². The summed E-state index contributed by atoms with van der Waals surface area (Å²) in [4.78, 5) is 0. The van der Waals surface area contributed by atoms with Gasteiger partial charge in [0, 0.05) is 17.9 Å². The van der Waals surface area contributed by atoms with E-state index in [2.05, 4.69) is 35.0 Å². The zero-order valence-electron chi connectivity index (χ0n) is 14.9. The Kier molecular flexibility index (Phi) is 3.42. The van der Waals surface area contributed by atoms with Crippen LogP contribution in [0, 0.1) is 0 Å².